The summed E-state index contributed by atoms with van der Waals surface area (Å²) in [6.07, 6.45) is 3.49. The van der Waals surface area contributed by atoms with Gasteiger partial charge in [-0.3, -0.25) is 9.63 Å². The highest BCUT2D eigenvalue weighted by Gasteiger charge is 2.13. The van der Waals surface area contributed by atoms with E-state index in [2.05, 4.69) is 19.3 Å². The molecule has 0 aliphatic carbocycles. The van der Waals surface area contributed by atoms with Gasteiger partial charge in [0.25, 0.3) is 5.91 Å². The Bertz CT molecular complexity index is 215. The van der Waals surface area contributed by atoms with Gasteiger partial charge in [0.05, 0.1) is 12.6 Å². The minimum absolute atomic E-state index is 0.0577. The van der Waals surface area contributed by atoms with Crippen LogP contribution in [0.15, 0.2) is 0 Å². The van der Waals surface area contributed by atoms with Gasteiger partial charge in [-0.1, -0.05) is 13.8 Å². The molecular weight excluding hydrogens is 238 g/mol. The summed E-state index contributed by atoms with van der Waals surface area (Å²) in [6, 6.07) is -0.568. The van der Waals surface area contributed by atoms with Crippen LogP contribution >= 0.6 is 11.8 Å². The zero-order chi connectivity index (χ0) is 13.3. The molecule has 17 heavy (non-hydrogen) atoms. The summed E-state index contributed by atoms with van der Waals surface area (Å²) in [6.45, 7) is 4.51. The number of carbonyl (C=O) groups is 1. The molecule has 0 rings (SSSR count). The molecule has 2 atom stereocenters. The molecule has 0 aromatic rings. The summed E-state index contributed by atoms with van der Waals surface area (Å²) >= 11 is 1.66. The quantitative estimate of drug-likeness (QED) is 0.527. The molecule has 0 saturated carbocycles. The molecule has 5 N–H and O–H groups in total. The summed E-state index contributed by atoms with van der Waals surface area (Å²) in [7, 11) is 0. The zero-order valence-electron chi connectivity index (χ0n) is 10.9. The third-order valence-electron chi connectivity index (χ3n) is 2.21. The lowest BCUT2D eigenvalue weighted by molar-refractivity contribution is -0.135. The van der Waals surface area contributed by atoms with Gasteiger partial charge in [0.15, 0.2) is 0 Å². The lowest BCUT2D eigenvalue weighted by Gasteiger charge is -2.15. The van der Waals surface area contributed by atoms with Crippen LogP contribution < -0.4 is 16.9 Å². The van der Waals surface area contributed by atoms with Crippen molar-refractivity contribution in [3.8, 4) is 0 Å². The molecule has 102 valence electrons. The van der Waals surface area contributed by atoms with Gasteiger partial charge in [-0.15, -0.1) is 0 Å². The largest absolute Gasteiger partial charge is 0.326 e. The van der Waals surface area contributed by atoms with Crippen LogP contribution in [0.2, 0.25) is 0 Å². The first kappa shape index (κ1) is 16.7. The van der Waals surface area contributed by atoms with Crippen LogP contribution in [0.3, 0.4) is 0 Å². The van der Waals surface area contributed by atoms with Gasteiger partial charge < -0.3 is 11.5 Å². The van der Waals surface area contributed by atoms with E-state index < -0.39 is 6.04 Å². The maximum Gasteiger partial charge on any atom is 0.260 e. The number of hydrogen-bond acceptors (Lipinski definition) is 5. The van der Waals surface area contributed by atoms with E-state index in [-0.39, 0.29) is 11.9 Å². The summed E-state index contributed by atoms with van der Waals surface area (Å²) in [5, 5.41) is 0. The topological polar surface area (TPSA) is 90.4 Å². The van der Waals surface area contributed by atoms with Crippen molar-refractivity contribution in [1.29, 1.82) is 0 Å². The van der Waals surface area contributed by atoms with Crippen LogP contribution in [-0.2, 0) is 9.63 Å². The second-order valence-electron chi connectivity index (χ2n) is 4.55. The molecule has 0 radical (unpaired) electrons. The van der Waals surface area contributed by atoms with Crippen molar-refractivity contribution in [3.05, 3.63) is 0 Å². The molecule has 0 unspecified atom stereocenters. The average molecular weight is 263 g/mol. The molecule has 0 aliphatic rings. The van der Waals surface area contributed by atoms with Gasteiger partial charge in [0, 0.05) is 6.04 Å². The molecule has 0 fully saturated rings. The third-order valence-corrected chi connectivity index (χ3v) is 2.86. The van der Waals surface area contributed by atoms with Crippen molar-refractivity contribution in [2.75, 3.05) is 18.6 Å². The van der Waals surface area contributed by atoms with Crippen LogP contribution in [0, 0.1) is 5.92 Å². The van der Waals surface area contributed by atoms with Gasteiger partial charge in [0.2, 0.25) is 0 Å². The van der Waals surface area contributed by atoms with Crippen LogP contribution in [0.25, 0.3) is 0 Å². The highest BCUT2D eigenvalue weighted by molar-refractivity contribution is 7.98. The Labute approximate surface area is 108 Å². The van der Waals surface area contributed by atoms with E-state index in [4.69, 9.17) is 16.3 Å². The first-order chi connectivity index (χ1) is 7.97. The van der Waals surface area contributed by atoms with Gasteiger partial charge >= 0.3 is 0 Å². The second kappa shape index (κ2) is 9.70. The Morgan fingerprint density at radius 3 is 2.59 bits per heavy atom. The monoisotopic (exact) mass is 263 g/mol. The molecule has 5 nitrogen and oxygen atoms in total. The maximum atomic E-state index is 11.4. The Balaban J connectivity index is 3.62. The van der Waals surface area contributed by atoms with E-state index in [9.17, 15) is 4.79 Å². The van der Waals surface area contributed by atoms with Gasteiger partial charge in [-0.2, -0.15) is 11.8 Å². The van der Waals surface area contributed by atoms with Crippen molar-refractivity contribution in [2.45, 2.75) is 38.8 Å². The minimum atomic E-state index is -0.510. The van der Waals surface area contributed by atoms with Crippen LogP contribution in [-0.4, -0.2) is 36.6 Å². The number of hydrogen-bond donors (Lipinski definition) is 3. The molecule has 0 spiro atoms. The van der Waals surface area contributed by atoms with Gasteiger partial charge in [-0.25, -0.2) is 5.48 Å². The SMILES string of the molecule is CSCC[C@H](N)C(=O)NOC[C@@H](N)CC(C)C. The van der Waals surface area contributed by atoms with Crippen molar-refractivity contribution in [3.63, 3.8) is 0 Å². The summed E-state index contributed by atoms with van der Waals surface area (Å²) in [4.78, 5) is 16.5. The summed E-state index contributed by atoms with van der Waals surface area (Å²) in [5.74, 6) is 1.10. The van der Waals surface area contributed by atoms with E-state index in [0.717, 1.165) is 12.2 Å². The molecule has 6 heteroatoms. The molecule has 0 aliphatic heterocycles. The predicted octanol–water partition coefficient (Wildman–Crippen LogP) is 0.488. The fraction of sp³-hybridized carbons (Fsp3) is 0.909. The Hall–Kier alpha value is -0.300. The molecule has 0 saturated heterocycles. The maximum absolute atomic E-state index is 11.4. The number of rotatable bonds is 9. The smallest absolute Gasteiger partial charge is 0.260 e. The van der Waals surface area contributed by atoms with Crippen molar-refractivity contribution in [2.24, 2.45) is 17.4 Å². The first-order valence-electron chi connectivity index (χ1n) is 5.89. The summed E-state index contributed by atoms with van der Waals surface area (Å²) in [5.41, 5.74) is 13.8. The number of amides is 1. The Morgan fingerprint density at radius 2 is 2.06 bits per heavy atom. The van der Waals surface area contributed by atoms with Crippen molar-refractivity contribution < 1.29 is 9.63 Å². The molecule has 0 aromatic heterocycles. The fourth-order valence-corrected chi connectivity index (χ4v) is 1.83. The van der Waals surface area contributed by atoms with Crippen LogP contribution in [0.4, 0.5) is 0 Å². The van der Waals surface area contributed by atoms with Gasteiger partial charge in [0.1, 0.15) is 0 Å². The molecule has 1 amide bonds. The minimum Gasteiger partial charge on any atom is -0.326 e. The van der Waals surface area contributed by atoms with Gasteiger partial charge in [-0.05, 0) is 30.8 Å². The molecular formula is C11H25N3O2S. The normalized spacial score (nSPS) is 14.7. The number of nitrogens with two attached hydrogens (primary N) is 2. The zero-order valence-corrected chi connectivity index (χ0v) is 11.8. The van der Waals surface area contributed by atoms with E-state index in [0.29, 0.717) is 18.9 Å². The number of thioether (sulfide) groups is 1. The standard InChI is InChI=1S/C11H25N3O2S/c1-8(2)6-9(12)7-16-14-11(15)10(13)4-5-17-3/h8-10H,4-7,12-13H2,1-3H3,(H,14,15)/t9-,10-/m0/s1. The van der Waals surface area contributed by atoms with Crippen molar-refractivity contribution >= 4 is 17.7 Å². The molecule has 0 heterocycles. The van der Waals surface area contributed by atoms with Crippen LogP contribution in [0.1, 0.15) is 26.7 Å². The highest BCUT2D eigenvalue weighted by atomic mass is 32.2. The lowest BCUT2D eigenvalue weighted by atomic mass is 10.1. The summed E-state index contributed by atoms with van der Waals surface area (Å²) < 4.78 is 0. The number of nitrogens with one attached hydrogen (secondary N) is 1. The van der Waals surface area contributed by atoms with Crippen LogP contribution in [0.5, 0.6) is 0 Å². The first-order valence-corrected chi connectivity index (χ1v) is 7.28. The average Bonchev–Trinajstić information content (AvgIpc) is 2.24. The highest BCUT2D eigenvalue weighted by Crippen LogP contribution is 2.02. The molecule has 0 aromatic carbocycles. The molecule has 0 bridgehead atoms. The second-order valence-corrected chi connectivity index (χ2v) is 5.54. The number of hydroxylamine groups is 1. The fourth-order valence-electron chi connectivity index (χ4n) is 1.34. The van der Waals surface area contributed by atoms with E-state index in [1.165, 1.54) is 0 Å². The Morgan fingerprint density at radius 1 is 1.41 bits per heavy atom. The number of carbonyl (C=O) groups excluding carboxylic acids is 1. The van der Waals surface area contributed by atoms with Crippen molar-refractivity contribution in [1.82, 2.24) is 5.48 Å². The lowest BCUT2D eigenvalue weighted by Crippen LogP contribution is -2.42. The Kier molecular flexibility index (Phi) is 9.53. The van der Waals surface area contributed by atoms with E-state index in [1.54, 1.807) is 11.8 Å². The third kappa shape index (κ3) is 9.41. The van der Waals surface area contributed by atoms with E-state index in [1.807, 2.05) is 6.26 Å². The van der Waals surface area contributed by atoms with E-state index >= 15 is 0 Å². The predicted molar refractivity (Wildman–Crippen MR) is 72.5 cm³/mol.